The van der Waals surface area contributed by atoms with Crippen LogP contribution in [-0.2, 0) is 16.1 Å². The molecule has 21 heavy (non-hydrogen) atoms. The normalized spacial score (nSPS) is 15.0. The Morgan fingerprint density at radius 3 is 2.57 bits per heavy atom. The Kier molecular flexibility index (Phi) is 4.28. The van der Waals surface area contributed by atoms with Gasteiger partial charge in [-0.25, -0.2) is 0 Å². The van der Waals surface area contributed by atoms with Gasteiger partial charge in [-0.2, -0.15) is 0 Å². The van der Waals surface area contributed by atoms with E-state index in [2.05, 4.69) is 0 Å². The highest BCUT2D eigenvalue weighted by Gasteiger charge is 2.22. The molecular formula is C17H16O4. The first-order chi connectivity index (χ1) is 10.4. The van der Waals surface area contributed by atoms with Gasteiger partial charge in [0, 0.05) is 5.56 Å². The number of benzene rings is 2. The highest BCUT2D eigenvalue weighted by Crippen LogP contribution is 2.32. The molecular weight excluding hydrogens is 268 g/mol. The fourth-order valence-corrected chi connectivity index (χ4v) is 2.23. The molecule has 0 radical (unpaired) electrons. The molecule has 0 N–H and O–H groups in total. The lowest BCUT2D eigenvalue weighted by molar-refractivity contribution is -0.0458. The molecule has 0 bridgehead atoms. The summed E-state index contributed by atoms with van der Waals surface area (Å²) in [5, 5.41) is 0. The van der Waals surface area contributed by atoms with Crippen LogP contribution in [0.15, 0.2) is 48.5 Å². The Bertz CT molecular complexity index is 603. The van der Waals surface area contributed by atoms with Gasteiger partial charge in [-0.1, -0.05) is 30.3 Å². The van der Waals surface area contributed by atoms with Gasteiger partial charge in [-0.15, -0.1) is 0 Å². The third-order valence-electron chi connectivity index (χ3n) is 3.28. The maximum Gasteiger partial charge on any atom is 0.187 e. The van der Waals surface area contributed by atoms with Gasteiger partial charge < -0.3 is 14.2 Å². The molecule has 1 aliphatic rings. The van der Waals surface area contributed by atoms with E-state index in [-0.39, 0.29) is 0 Å². The summed E-state index contributed by atoms with van der Waals surface area (Å²) in [6.07, 6.45) is 0.343. The van der Waals surface area contributed by atoms with Gasteiger partial charge in [0.1, 0.15) is 18.6 Å². The molecule has 0 spiro atoms. The molecule has 1 heterocycles. The maximum absolute atomic E-state index is 10.9. The van der Waals surface area contributed by atoms with Crippen LogP contribution < -0.4 is 4.74 Å². The highest BCUT2D eigenvalue weighted by atomic mass is 16.7. The number of rotatable bonds is 5. The predicted molar refractivity (Wildman–Crippen MR) is 77.2 cm³/mol. The molecule has 0 unspecified atom stereocenters. The zero-order chi connectivity index (χ0) is 14.5. The van der Waals surface area contributed by atoms with E-state index in [0.717, 1.165) is 17.4 Å². The van der Waals surface area contributed by atoms with Crippen LogP contribution in [0.4, 0.5) is 0 Å². The van der Waals surface area contributed by atoms with Crippen LogP contribution in [0, 0.1) is 0 Å². The summed E-state index contributed by atoms with van der Waals surface area (Å²) in [7, 11) is 0. The number of hydrogen-bond donors (Lipinski definition) is 0. The molecule has 0 aromatic heterocycles. The SMILES string of the molecule is O=Cc1ccc(OCc2ccccc2)c(C2OCCO2)c1. The van der Waals surface area contributed by atoms with Crippen LogP contribution >= 0.6 is 0 Å². The van der Waals surface area contributed by atoms with E-state index in [1.54, 1.807) is 18.2 Å². The smallest absolute Gasteiger partial charge is 0.187 e. The van der Waals surface area contributed by atoms with Crippen LogP contribution in [0.3, 0.4) is 0 Å². The van der Waals surface area contributed by atoms with E-state index in [9.17, 15) is 4.79 Å². The van der Waals surface area contributed by atoms with Crippen molar-refractivity contribution in [2.75, 3.05) is 13.2 Å². The predicted octanol–water partition coefficient (Wildman–Crippen LogP) is 3.12. The van der Waals surface area contributed by atoms with Crippen LogP contribution in [0.5, 0.6) is 5.75 Å². The lowest BCUT2D eigenvalue weighted by atomic mass is 10.1. The lowest BCUT2D eigenvalue weighted by Gasteiger charge is -2.16. The summed E-state index contributed by atoms with van der Waals surface area (Å²) in [4.78, 5) is 10.9. The van der Waals surface area contributed by atoms with Gasteiger partial charge in [-0.05, 0) is 23.8 Å². The van der Waals surface area contributed by atoms with Crippen molar-refractivity contribution in [2.45, 2.75) is 12.9 Å². The molecule has 2 aromatic carbocycles. The second-order valence-electron chi connectivity index (χ2n) is 4.76. The third-order valence-corrected chi connectivity index (χ3v) is 3.28. The first-order valence-electron chi connectivity index (χ1n) is 6.86. The summed E-state index contributed by atoms with van der Waals surface area (Å²) in [6, 6.07) is 15.2. The van der Waals surface area contributed by atoms with Gasteiger partial charge >= 0.3 is 0 Å². The number of carbonyl (C=O) groups excluding carboxylic acids is 1. The van der Waals surface area contributed by atoms with Gasteiger partial charge in [0.25, 0.3) is 0 Å². The van der Waals surface area contributed by atoms with E-state index in [1.165, 1.54) is 0 Å². The molecule has 1 fully saturated rings. The molecule has 2 aromatic rings. The van der Waals surface area contributed by atoms with Crippen molar-refractivity contribution in [3.63, 3.8) is 0 Å². The van der Waals surface area contributed by atoms with Gasteiger partial charge in [-0.3, -0.25) is 4.79 Å². The minimum atomic E-state index is -0.462. The van der Waals surface area contributed by atoms with Crippen molar-refractivity contribution >= 4 is 6.29 Å². The fourth-order valence-electron chi connectivity index (χ4n) is 2.23. The van der Waals surface area contributed by atoms with E-state index < -0.39 is 6.29 Å². The molecule has 0 amide bonds. The monoisotopic (exact) mass is 284 g/mol. The Hall–Kier alpha value is -2.17. The molecule has 0 saturated carbocycles. The second kappa shape index (κ2) is 6.52. The third kappa shape index (κ3) is 3.29. The second-order valence-corrected chi connectivity index (χ2v) is 4.76. The van der Waals surface area contributed by atoms with Crippen LogP contribution in [-0.4, -0.2) is 19.5 Å². The molecule has 1 saturated heterocycles. The molecule has 4 heteroatoms. The molecule has 108 valence electrons. The van der Waals surface area contributed by atoms with E-state index in [0.29, 0.717) is 31.1 Å². The van der Waals surface area contributed by atoms with Crippen molar-refractivity contribution in [2.24, 2.45) is 0 Å². The van der Waals surface area contributed by atoms with Crippen LogP contribution in [0.1, 0.15) is 27.8 Å². The molecule has 0 atom stereocenters. The summed E-state index contributed by atoms with van der Waals surface area (Å²) in [5.74, 6) is 0.677. The van der Waals surface area contributed by atoms with Crippen molar-refractivity contribution < 1.29 is 19.0 Å². The van der Waals surface area contributed by atoms with Gasteiger partial charge in [0.05, 0.1) is 18.8 Å². The minimum Gasteiger partial charge on any atom is -0.488 e. The topological polar surface area (TPSA) is 44.8 Å². The number of aldehydes is 1. The zero-order valence-electron chi connectivity index (χ0n) is 11.5. The lowest BCUT2D eigenvalue weighted by Crippen LogP contribution is -2.04. The van der Waals surface area contributed by atoms with E-state index >= 15 is 0 Å². The first-order valence-corrected chi connectivity index (χ1v) is 6.86. The molecule has 4 nitrogen and oxygen atoms in total. The van der Waals surface area contributed by atoms with Crippen LogP contribution in [0.25, 0.3) is 0 Å². The minimum absolute atomic E-state index is 0.459. The zero-order valence-corrected chi connectivity index (χ0v) is 11.5. The van der Waals surface area contributed by atoms with Crippen molar-refractivity contribution in [3.05, 3.63) is 65.2 Å². The Labute approximate surface area is 123 Å². The summed E-state index contributed by atoms with van der Waals surface area (Å²) in [6.45, 7) is 1.56. The fraction of sp³-hybridized carbons (Fsp3) is 0.235. The van der Waals surface area contributed by atoms with Crippen molar-refractivity contribution in [1.82, 2.24) is 0 Å². The maximum atomic E-state index is 10.9. The number of ether oxygens (including phenoxy) is 3. The molecule has 1 aliphatic heterocycles. The Balaban J connectivity index is 1.81. The first kappa shape index (κ1) is 13.8. The van der Waals surface area contributed by atoms with Gasteiger partial charge in [0.15, 0.2) is 6.29 Å². The summed E-state index contributed by atoms with van der Waals surface area (Å²) in [5.41, 5.74) is 2.42. The average molecular weight is 284 g/mol. The molecule has 3 rings (SSSR count). The molecule has 0 aliphatic carbocycles. The average Bonchev–Trinajstić information content (AvgIpc) is 3.08. The number of carbonyl (C=O) groups is 1. The largest absolute Gasteiger partial charge is 0.488 e. The highest BCUT2D eigenvalue weighted by molar-refractivity contribution is 5.75. The number of hydrogen-bond acceptors (Lipinski definition) is 4. The van der Waals surface area contributed by atoms with E-state index in [1.807, 2.05) is 30.3 Å². The van der Waals surface area contributed by atoms with Crippen molar-refractivity contribution in [1.29, 1.82) is 0 Å². The Morgan fingerprint density at radius 1 is 1.10 bits per heavy atom. The quantitative estimate of drug-likeness (QED) is 0.791. The van der Waals surface area contributed by atoms with Crippen LogP contribution in [0.2, 0.25) is 0 Å². The Morgan fingerprint density at radius 2 is 1.86 bits per heavy atom. The van der Waals surface area contributed by atoms with Crippen molar-refractivity contribution in [3.8, 4) is 5.75 Å². The standard InChI is InChI=1S/C17H16O4/c18-11-14-6-7-16(15(10-14)17-19-8-9-20-17)21-12-13-4-2-1-3-5-13/h1-7,10-11,17H,8-9,12H2. The van der Waals surface area contributed by atoms with E-state index in [4.69, 9.17) is 14.2 Å². The summed E-state index contributed by atoms with van der Waals surface area (Å²) < 4.78 is 16.9. The summed E-state index contributed by atoms with van der Waals surface area (Å²) >= 11 is 0. The van der Waals surface area contributed by atoms with Gasteiger partial charge in [0.2, 0.25) is 0 Å².